The molecule has 0 aliphatic carbocycles. The number of hydrogen-bond donors (Lipinski definition) is 1. The summed E-state index contributed by atoms with van der Waals surface area (Å²) in [6.45, 7) is 1.92. The highest BCUT2D eigenvalue weighted by atomic mass is 35.5. The van der Waals surface area contributed by atoms with E-state index in [1.807, 2.05) is 37.3 Å². The van der Waals surface area contributed by atoms with E-state index >= 15 is 0 Å². The minimum Gasteiger partial charge on any atom is -0.495 e. The Hall–Kier alpha value is -3.73. The highest BCUT2D eigenvalue weighted by molar-refractivity contribution is 8.05. The smallest absolute Gasteiger partial charge is 0.269 e. The lowest BCUT2D eigenvalue weighted by Gasteiger charge is -2.19. The van der Waals surface area contributed by atoms with E-state index < -0.39 is 11.2 Å². The van der Waals surface area contributed by atoms with Crippen molar-refractivity contribution in [3.8, 4) is 11.8 Å². The van der Waals surface area contributed by atoms with Crippen molar-refractivity contribution in [3.63, 3.8) is 0 Å². The van der Waals surface area contributed by atoms with Crippen molar-refractivity contribution in [3.05, 3.63) is 99.5 Å². The molecule has 35 heavy (non-hydrogen) atoms. The lowest BCUT2D eigenvalue weighted by Crippen LogP contribution is -2.30. The van der Waals surface area contributed by atoms with Gasteiger partial charge >= 0.3 is 0 Å². The van der Waals surface area contributed by atoms with Crippen molar-refractivity contribution in [1.29, 1.82) is 5.26 Å². The number of carbonyl (C=O) groups is 2. The van der Waals surface area contributed by atoms with Crippen molar-refractivity contribution in [2.24, 2.45) is 0 Å². The summed E-state index contributed by atoms with van der Waals surface area (Å²) in [6, 6.07) is 23.6. The van der Waals surface area contributed by atoms with E-state index in [2.05, 4.69) is 5.32 Å². The number of aryl methyl sites for hydroxylation is 1. The van der Waals surface area contributed by atoms with Crippen LogP contribution in [0.2, 0.25) is 5.02 Å². The molecule has 2 amide bonds. The first-order valence-electron chi connectivity index (χ1n) is 10.8. The van der Waals surface area contributed by atoms with E-state index in [1.54, 1.807) is 48.5 Å². The number of nitriles is 1. The third-order valence-corrected chi connectivity index (χ3v) is 7.20. The minimum absolute atomic E-state index is 0.150. The van der Waals surface area contributed by atoms with Crippen molar-refractivity contribution in [1.82, 2.24) is 0 Å². The van der Waals surface area contributed by atoms with Crippen LogP contribution in [0.25, 0.3) is 0 Å². The van der Waals surface area contributed by atoms with Gasteiger partial charge in [-0.3, -0.25) is 14.5 Å². The van der Waals surface area contributed by atoms with Crippen LogP contribution in [0.3, 0.4) is 0 Å². The lowest BCUT2D eigenvalue weighted by molar-refractivity contribution is -0.117. The molecule has 6 nitrogen and oxygen atoms in total. The number of halogens is 1. The molecule has 4 rings (SSSR count). The fourth-order valence-corrected chi connectivity index (χ4v) is 5.22. The molecule has 1 aliphatic heterocycles. The number of para-hydroxylation sites is 3. The van der Waals surface area contributed by atoms with E-state index in [-0.39, 0.29) is 11.5 Å². The second-order valence-electron chi connectivity index (χ2n) is 7.85. The van der Waals surface area contributed by atoms with E-state index in [9.17, 15) is 14.9 Å². The van der Waals surface area contributed by atoms with Gasteiger partial charge < -0.3 is 10.1 Å². The van der Waals surface area contributed by atoms with Gasteiger partial charge in [0.25, 0.3) is 5.91 Å². The summed E-state index contributed by atoms with van der Waals surface area (Å²) in [5.74, 6) is -0.356. The quantitative estimate of drug-likeness (QED) is 0.343. The highest BCUT2D eigenvalue weighted by Gasteiger charge is 2.40. The third-order valence-electron chi connectivity index (χ3n) is 5.53. The van der Waals surface area contributed by atoms with Gasteiger partial charge in [-0.1, -0.05) is 65.8 Å². The van der Waals surface area contributed by atoms with Crippen molar-refractivity contribution in [2.45, 2.75) is 18.6 Å². The second kappa shape index (κ2) is 10.7. The number of methoxy groups -OCH3 is 1. The molecule has 1 heterocycles. The van der Waals surface area contributed by atoms with Gasteiger partial charge in [-0.2, -0.15) is 5.26 Å². The molecule has 3 aromatic rings. The number of amides is 2. The number of thioether (sulfide) groups is 1. The van der Waals surface area contributed by atoms with Crippen LogP contribution in [0.4, 0.5) is 11.4 Å². The predicted octanol–water partition coefficient (Wildman–Crippen LogP) is 5.72. The Morgan fingerprint density at radius 1 is 1.14 bits per heavy atom. The van der Waals surface area contributed by atoms with Crippen LogP contribution in [-0.4, -0.2) is 24.2 Å². The summed E-state index contributed by atoms with van der Waals surface area (Å²) >= 11 is 7.49. The molecule has 1 N–H and O–H groups in total. The Morgan fingerprint density at radius 3 is 2.54 bits per heavy atom. The lowest BCUT2D eigenvalue weighted by atomic mass is 10.1. The summed E-state index contributed by atoms with van der Waals surface area (Å²) in [6.07, 6.45) is 0.406. The molecular weight excluding hydrogens is 482 g/mol. The fraction of sp³-hybridized carbons (Fsp3) is 0.148. The van der Waals surface area contributed by atoms with E-state index in [1.165, 1.54) is 23.8 Å². The average molecular weight is 504 g/mol. The zero-order chi connectivity index (χ0) is 24.9. The van der Waals surface area contributed by atoms with Crippen LogP contribution in [-0.2, 0) is 16.0 Å². The van der Waals surface area contributed by atoms with E-state index in [0.29, 0.717) is 33.6 Å². The van der Waals surface area contributed by atoms with Crippen molar-refractivity contribution >= 4 is 46.6 Å². The summed E-state index contributed by atoms with van der Waals surface area (Å²) in [7, 11) is 1.50. The summed E-state index contributed by atoms with van der Waals surface area (Å²) in [5.41, 5.74) is 2.72. The zero-order valence-corrected chi connectivity index (χ0v) is 20.7. The molecule has 0 radical (unpaired) electrons. The van der Waals surface area contributed by atoms with Crippen LogP contribution in [0.1, 0.15) is 11.1 Å². The number of anilines is 2. The topological polar surface area (TPSA) is 82.4 Å². The molecule has 176 valence electrons. The Kier molecular flexibility index (Phi) is 7.45. The summed E-state index contributed by atoms with van der Waals surface area (Å²) < 4.78 is 5.30. The average Bonchev–Trinajstić information content (AvgIpc) is 3.18. The van der Waals surface area contributed by atoms with Gasteiger partial charge in [0.15, 0.2) is 0 Å². The SMILES string of the molecule is COc1ccccc1NC(=O)/C(C#N)=C1\S[C@@H](Cc2ccc(C)c(Cl)c2)C(=O)N1c1ccccc1. The summed E-state index contributed by atoms with van der Waals surface area (Å²) in [4.78, 5) is 28.2. The molecule has 0 bridgehead atoms. The first kappa shape index (κ1) is 24.4. The Morgan fingerprint density at radius 2 is 1.86 bits per heavy atom. The van der Waals surface area contributed by atoms with Gasteiger partial charge in [-0.05, 0) is 54.8 Å². The standard InChI is InChI=1S/C27H22ClN3O3S/c1-17-12-13-18(14-21(17)28)15-24-26(33)31(19-8-4-3-5-9-19)27(35-24)20(16-29)25(32)30-22-10-6-7-11-23(22)34-2/h3-14,24H,15H2,1-2H3,(H,30,32)/b27-20-/t24-/m0/s1. The maximum atomic E-state index is 13.6. The van der Waals surface area contributed by atoms with Gasteiger partial charge in [-0.25, -0.2) is 0 Å². The molecule has 1 saturated heterocycles. The van der Waals surface area contributed by atoms with Gasteiger partial charge in [0, 0.05) is 10.7 Å². The van der Waals surface area contributed by atoms with Gasteiger partial charge in [0.1, 0.15) is 22.4 Å². The van der Waals surface area contributed by atoms with Crippen LogP contribution < -0.4 is 15.0 Å². The Bertz CT molecular complexity index is 1350. The molecule has 3 aromatic carbocycles. The van der Waals surface area contributed by atoms with Gasteiger partial charge in [0.2, 0.25) is 5.91 Å². The van der Waals surface area contributed by atoms with Crippen LogP contribution in [0, 0.1) is 18.3 Å². The number of benzene rings is 3. The number of rotatable bonds is 6. The molecule has 0 unspecified atom stereocenters. The molecule has 0 aromatic heterocycles. The van der Waals surface area contributed by atoms with Crippen molar-refractivity contribution < 1.29 is 14.3 Å². The fourth-order valence-electron chi connectivity index (χ4n) is 3.71. The van der Waals surface area contributed by atoms with Gasteiger partial charge in [0.05, 0.1) is 18.0 Å². The number of ether oxygens (including phenoxy) is 1. The second-order valence-corrected chi connectivity index (χ2v) is 9.45. The molecule has 1 aliphatic rings. The Balaban J connectivity index is 1.72. The largest absolute Gasteiger partial charge is 0.495 e. The normalized spacial score (nSPS) is 16.6. The maximum Gasteiger partial charge on any atom is 0.269 e. The molecule has 8 heteroatoms. The number of hydrogen-bond acceptors (Lipinski definition) is 5. The zero-order valence-electron chi connectivity index (χ0n) is 19.1. The minimum atomic E-state index is -0.618. The monoisotopic (exact) mass is 503 g/mol. The number of nitrogens with one attached hydrogen (secondary N) is 1. The number of carbonyl (C=O) groups excluding carboxylic acids is 2. The maximum absolute atomic E-state index is 13.6. The van der Waals surface area contributed by atoms with Crippen LogP contribution in [0.15, 0.2) is 83.4 Å². The number of nitrogens with zero attached hydrogens (tertiary/aromatic N) is 2. The first-order chi connectivity index (χ1) is 16.9. The van der Waals surface area contributed by atoms with Crippen LogP contribution >= 0.6 is 23.4 Å². The van der Waals surface area contributed by atoms with Crippen molar-refractivity contribution in [2.75, 3.05) is 17.3 Å². The molecule has 0 saturated carbocycles. The molecule has 1 fully saturated rings. The Labute approximate surface area is 213 Å². The molecular formula is C27H22ClN3O3S. The third kappa shape index (κ3) is 5.19. The van der Waals surface area contributed by atoms with Crippen LogP contribution in [0.5, 0.6) is 5.75 Å². The molecule has 0 spiro atoms. The van der Waals surface area contributed by atoms with Gasteiger partial charge in [-0.15, -0.1) is 0 Å². The van der Waals surface area contributed by atoms with E-state index in [0.717, 1.165) is 11.1 Å². The predicted molar refractivity (Wildman–Crippen MR) is 139 cm³/mol. The highest BCUT2D eigenvalue weighted by Crippen LogP contribution is 2.42. The summed E-state index contributed by atoms with van der Waals surface area (Å²) in [5, 5.41) is 13.1. The van der Waals surface area contributed by atoms with E-state index in [4.69, 9.17) is 16.3 Å². The first-order valence-corrected chi connectivity index (χ1v) is 12.1. The molecule has 1 atom stereocenters.